The Labute approximate surface area is 125 Å². The Balaban J connectivity index is 2.20. The Morgan fingerprint density at radius 1 is 1.43 bits per heavy atom. The lowest BCUT2D eigenvalue weighted by Gasteiger charge is -2.08. The second-order valence-corrected chi connectivity index (χ2v) is 4.43. The van der Waals surface area contributed by atoms with Crippen LogP contribution in [0.1, 0.15) is 11.3 Å². The van der Waals surface area contributed by atoms with E-state index >= 15 is 0 Å². The fourth-order valence-corrected chi connectivity index (χ4v) is 1.91. The molecule has 0 amide bonds. The number of aromatic nitrogens is 3. The van der Waals surface area contributed by atoms with Crippen LogP contribution in [-0.4, -0.2) is 27.0 Å². The van der Waals surface area contributed by atoms with E-state index in [1.807, 2.05) is 0 Å². The maximum atomic E-state index is 11.1. The molecule has 2 aromatic heterocycles. The lowest BCUT2D eigenvalue weighted by atomic mass is 10.2. The van der Waals surface area contributed by atoms with Gasteiger partial charge in [0.05, 0.1) is 12.0 Å². The van der Waals surface area contributed by atoms with Crippen molar-refractivity contribution in [3.8, 4) is 5.88 Å². The molecule has 2 heterocycles. The third-order valence-corrected chi connectivity index (χ3v) is 2.85. The summed E-state index contributed by atoms with van der Waals surface area (Å²) in [6.45, 7) is 1.82. The first kappa shape index (κ1) is 14.9. The Morgan fingerprint density at radius 2 is 2.19 bits per heavy atom. The van der Waals surface area contributed by atoms with Crippen molar-refractivity contribution in [1.29, 1.82) is 0 Å². The predicted molar refractivity (Wildman–Crippen MR) is 76.5 cm³/mol. The molecule has 21 heavy (non-hydrogen) atoms. The summed E-state index contributed by atoms with van der Waals surface area (Å²) in [5.41, 5.74) is 0.828. The third kappa shape index (κ3) is 3.54. The van der Waals surface area contributed by atoms with Crippen molar-refractivity contribution >= 4 is 23.1 Å². The van der Waals surface area contributed by atoms with Crippen molar-refractivity contribution < 1.29 is 9.66 Å². The van der Waals surface area contributed by atoms with Crippen molar-refractivity contribution in [3.05, 3.63) is 45.0 Å². The maximum absolute atomic E-state index is 11.1. The summed E-state index contributed by atoms with van der Waals surface area (Å²) in [7, 11) is 1.52. The minimum atomic E-state index is -0.541. The van der Waals surface area contributed by atoms with Gasteiger partial charge in [-0.1, -0.05) is 6.07 Å². The molecule has 0 aromatic carbocycles. The fraction of sp³-hybridized carbons (Fsp3) is 0.250. The zero-order chi connectivity index (χ0) is 15.4. The first-order chi connectivity index (χ1) is 10.0. The number of nitrogens with one attached hydrogen (secondary N) is 1. The standard InChI is InChI=1S/C12H12ClN5O3/c1-7-10(18(19)20)11(17-12(13)16-7)15-6-8-3-4-9(21-2)14-5-8/h3-5H,6H2,1-2H3,(H,15,16,17). The zero-order valence-corrected chi connectivity index (χ0v) is 12.1. The number of anilines is 1. The van der Waals surface area contributed by atoms with Gasteiger partial charge in [0.25, 0.3) is 0 Å². The molecule has 0 saturated heterocycles. The van der Waals surface area contributed by atoms with Crippen LogP contribution in [0.5, 0.6) is 5.88 Å². The van der Waals surface area contributed by atoms with Crippen molar-refractivity contribution in [2.24, 2.45) is 0 Å². The topological polar surface area (TPSA) is 103 Å². The molecule has 2 aromatic rings. The number of nitro groups is 1. The maximum Gasteiger partial charge on any atom is 0.332 e. The number of rotatable bonds is 5. The highest BCUT2D eigenvalue weighted by Gasteiger charge is 2.21. The molecule has 110 valence electrons. The average molecular weight is 310 g/mol. The summed E-state index contributed by atoms with van der Waals surface area (Å²) in [4.78, 5) is 22.2. The van der Waals surface area contributed by atoms with E-state index in [1.165, 1.54) is 14.0 Å². The van der Waals surface area contributed by atoms with E-state index in [-0.39, 0.29) is 22.5 Å². The Kier molecular flexibility index (Phi) is 4.49. The molecule has 0 bridgehead atoms. The largest absolute Gasteiger partial charge is 0.481 e. The number of nitrogens with zero attached hydrogens (tertiary/aromatic N) is 4. The van der Waals surface area contributed by atoms with Crippen LogP contribution in [0.4, 0.5) is 11.5 Å². The summed E-state index contributed by atoms with van der Waals surface area (Å²) >= 11 is 5.73. The van der Waals surface area contributed by atoms with Crippen LogP contribution >= 0.6 is 11.6 Å². The van der Waals surface area contributed by atoms with Crippen molar-refractivity contribution in [3.63, 3.8) is 0 Å². The quantitative estimate of drug-likeness (QED) is 0.513. The lowest BCUT2D eigenvalue weighted by molar-refractivity contribution is -0.385. The molecule has 0 aliphatic heterocycles. The van der Waals surface area contributed by atoms with Crippen LogP contribution in [0.25, 0.3) is 0 Å². The number of methoxy groups -OCH3 is 1. The molecule has 0 unspecified atom stereocenters. The van der Waals surface area contributed by atoms with Gasteiger partial charge in [-0.25, -0.2) is 9.97 Å². The molecule has 0 aliphatic rings. The van der Waals surface area contributed by atoms with Crippen LogP contribution in [0.15, 0.2) is 18.3 Å². The molecule has 0 radical (unpaired) electrons. The van der Waals surface area contributed by atoms with Crippen LogP contribution < -0.4 is 10.1 Å². The molecule has 0 fully saturated rings. The van der Waals surface area contributed by atoms with Crippen LogP contribution in [0, 0.1) is 17.0 Å². The van der Waals surface area contributed by atoms with Crippen molar-refractivity contribution in [2.45, 2.75) is 13.5 Å². The number of hydrogen-bond donors (Lipinski definition) is 1. The fourth-order valence-electron chi connectivity index (χ4n) is 1.70. The van der Waals surface area contributed by atoms with Gasteiger partial charge in [-0.2, -0.15) is 4.98 Å². The van der Waals surface area contributed by atoms with Crippen molar-refractivity contribution in [1.82, 2.24) is 15.0 Å². The van der Waals surface area contributed by atoms with Gasteiger partial charge in [0.1, 0.15) is 5.69 Å². The van der Waals surface area contributed by atoms with Gasteiger partial charge in [-0.15, -0.1) is 0 Å². The highest BCUT2D eigenvalue weighted by atomic mass is 35.5. The van der Waals surface area contributed by atoms with E-state index in [2.05, 4.69) is 20.3 Å². The molecular formula is C12H12ClN5O3. The van der Waals surface area contributed by atoms with Gasteiger partial charge in [0.2, 0.25) is 17.0 Å². The summed E-state index contributed by atoms with van der Waals surface area (Å²) in [5, 5.41) is 13.9. The summed E-state index contributed by atoms with van der Waals surface area (Å²) < 4.78 is 4.96. The molecule has 2 rings (SSSR count). The minimum absolute atomic E-state index is 0.0477. The SMILES string of the molecule is COc1ccc(CNc2nc(Cl)nc(C)c2[N+](=O)[O-])cn1. The van der Waals surface area contributed by atoms with E-state index in [9.17, 15) is 10.1 Å². The van der Waals surface area contributed by atoms with E-state index in [4.69, 9.17) is 16.3 Å². The van der Waals surface area contributed by atoms with E-state index in [1.54, 1.807) is 18.3 Å². The van der Waals surface area contributed by atoms with E-state index in [0.717, 1.165) is 5.56 Å². The summed E-state index contributed by atoms with van der Waals surface area (Å²) in [5.74, 6) is 0.568. The van der Waals surface area contributed by atoms with Gasteiger partial charge in [-0.3, -0.25) is 10.1 Å². The highest BCUT2D eigenvalue weighted by molar-refractivity contribution is 6.28. The normalized spacial score (nSPS) is 10.2. The van der Waals surface area contributed by atoms with Gasteiger partial charge in [0.15, 0.2) is 0 Å². The van der Waals surface area contributed by atoms with E-state index < -0.39 is 4.92 Å². The Hall–Kier alpha value is -2.48. The molecule has 0 aliphatic carbocycles. The second kappa shape index (κ2) is 6.31. The van der Waals surface area contributed by atoms with Gasteiger partial charge in [0, 0.05) is 18.8 Å². The number of ether oxygens (including phenoxy) is 1. The molecule has 0 saturated carbocycles. The van der Waals surface area contributed by atoms with Crippen LogP contribution in [0.2, 0.25) is 5.28 Å². The van der Waals surface area contributed by atoms with Gasteiger partial charge >= 0.3 is 5.69 Å². The van der Waals surface area contributed by atoms with Crippen molar-refractivity contribution in [2.75, 3.05) is 12.4 Å². The predicted octanol–water partition coefficient (Wildman–Crippen LogP) is 2.36. The number of pyridine rings is 1. The monoisotopic (exact) mass is 309 g/mol. The first-order valence-corrected chi connectivity index (χ1v) is 6.30. The minimum Gasteiger partial charge on any atom is -0.481 e. The Morgan fingerprint density at radius 3 is 2.76 bits per heavy atom. The smallest absolute Gasteiger partial charge is 0.332 e. The van der Waals surface area contributed by atoms with Crippen LogP contribution in [0.3, 0.4) is 0 Å². The van der Waals surface area contributed by atoms with Gasteiger partial charge < -0.3 is 10.1 Å². The lowest BCUT2D eigenvalue weighted by Crippen LogP contribution is -2.08. The summed E-state index contributed by atoms with van der Waals surface area (Å²) in [6.07, 6.45) is 1.60. The summed E-state index contributed by atoms with van der Waals surface area (Å²) in [6, 6.07) is 3.49. The molecular weight excluding hydrogens is 298 g/mol. The van der Waals surface area contributed by atoms with E-state index in [0.29, 0.717) is 12.4 Å². The highest BCUT2D eigenvalue weighted by Crippen LogP contribution is 2.26. The second-order valence-electron chi connectivity index (χ2n) is 4.09. The number of halogens is 1. The molecule has 0 spiro atoms. The average Bonchev–Trinajstić information content (AvgIpc) is 2.44. The number of aryl methyl sites for hydroxylation is 1. The first-order valence-electron chi connectivity index (χ1n) is 5.92. The molecule has 9 heteroatoms. The molecule has 1 N–H and O–H groups in total. The number of hydrogen-bond acceptors (Lipinski definition) is 7. The molecule has 0 atom stereocenters. The molecule has 8 nitrogen and oxygen atoms in total. The Bertz CT molecular complexity index is 663. The van der Waals surface area contributed by atoms with Gasteiger partial charge in [-0.05, 0) is 24.1 Å². The zero-order valence-electron chi connectivity index (χ0n) is 11.3. The van der Waals surface area contributed by atoms with Crippen LogP contribution in [-0.2, 0) is 6.54 Å². The third-order valence-electron chi connectivity index (χ3n) is 2.68.